The van der Waals surface area contributed by atoms with Gasteiger partial charge in [-0.05, 0) is 29.8 Å². The average Bonchev–Trinajstić information content (AvgIpc) is 2.46. The smallest absolute Gasteiger partial charge is 0.221 e. The lowest BCUT2D eigenvalue weighted by Gasteiger charge is -2.07. The van der Waals surface area contributed by atoms with Gasteiger partial charge in [0.05, 0.1) is 18.5 Å². The van der Waals surface area contributed by atoms with Gasteiger partial charge in [-0.1, -0.05) is 12.1 Å². The molecule has 5 nitrogen and oxygen atoms in total. The van der Waals surface area contributed by atoms with Crippen LogP contribution in [0.4, 0.5) is 5.69 Å². The molecular weight excluding hydrogens is 256 g/mol. The summed E-state index contributed by atoms with van der Waals surface area (Å²) in [5.41, 5.74) is 2.36. The van der Waals surface area contributed by atoms with Crippen molar-refractivity contribution in [3.05, 3.63) is 53.9 Å². The zero-order valence-corrected chi connectivity index (χ0v) is 11.2. The van der Waals surface area contributed by atoms with Crippen molar-refractivity contribution in [2.45, 2.75) is 20.1 Å². The number of aromatic nitrogens is 1. The molecule has 0 saturated carbocycles. The van der Waals surface area contributed by atoms with Crippen molar-refractivity contribution in [2.24, 2.45) is 0 Å². The van der Waals surface area contributed by atoms with Crippen LogP contribution in [0.15, 0.2) is 42.6 Å². The fourth-order valence-corrected chi connectivity index (χ4v) is 1.64. The maximum absolute atomic E-state index is 10.9. The van der Waals surface area contributed by atoms with E-state index in [-0.39, 0.29) is 12.5 Å². The molecule has 1 amide bonds. The van der Waals surface area contributed by atoms with Crippen molar-refractivity contribution in [2.75, 3.05) is 5.32 Å². The van der Waals surface area contributed by atoms with Crippen molar-refractivity contribution < 1.29 is 14.6 Å². The molecule has 20 heavy (non-hydrogen) atoms. The van der Waals surface area contributed by atoms with E-state index < -0.39 is 0 Å². The molecule has 0 atom stereocenters. The highest BCUT2D eigenvalue weighted by Crippen LogP contribution is 2.14. The molecule has 0 aliphatic carbocycles. The number of aliphatic hydroxyl groups excluding tert-OH is 1. The number of nitrogens with zero attached hydrogens (tertiary/aromatic N) is 1. The lowest BCUT2D eigenvalue weighted by molar-refractivity contribution is -0.114. The van der Waals surface area contributed by atoms with Crippen LogP contribution < -0.4 is 10.1 Å². The predicted molar refractivity (Wildman–Crippen MR) is 75.2 cm³/mol. The molecule has 0 unspecified atom stereocenters. The number of hydrogen-bond donors (Lipinski definition) is 2. The standard InChI is InChI=1S/C15H16N2O3/c1-11(19)17-13-4-2-12(3-5-13)10-20-15-7-6-14(9-18)16-8-15/h2-8,18H,9-10H2,1H3,(H,17,19). The second kappa shape index (κ2) is 6.68. The number of carbonyl (C=O) groups excluding carboxylic acids is 1. The molecule has 5 heteroatoms. The lowest BCUT2D eigenvalue weighted by atomic mass is 10.2. The number of amides is 1. The Kier molecular flexibility index (Phi) is 4.68. The van der Waals surface area contributed by atoms with Crippen LogP contribution in [0, 0.1) is 0 Å². The van der Waals surface area contributed by atoms with Crippen molar-refractivity contribution in [3.8, 4) is 5.75 Å². The highest BCUT2D eigenvalue weighted by molar-refractivity contribution is 5.88. The maximum Gasteiger partial charge on any atom is 0.221 e. The molecule has 1 heterocycles. The molecule has 0 saturated heterocycles. The SMILES string of the molecule is CC(=O)Nc1ccc(COc2ccc(CO)nc2)cc1. The van der Waals surface area contributed by atoms with Gasteiger partial charge < -0.3 is 15.2 Å². The molecule has 2 rings (SSSR count). The quantitative estimate of drug-likeness (QED) is 0.874. The topological polar surface area (TPSA) is 71.5 Å². The first-order chi connectivity index (χ1) is 9.67. The molecule has 0 aliphatic rings. The highest BCUT2D eigenvalue weighted by atomic mass is 16.5. The number of anilines is 1. The Balaban J connectivity index is 1.91. The molecule has 0 bridgehead atoms. The molecule has 1 aromatic heterocycles. The number of benzene rings is 1. The summed E-state index contributed by atoms with van der Waals surface area (Å²) >= 11 is 0. The minimum Gasteiger partial charge on any atom is -0.487 e. The van der Waals surface area contributed by atoms with Gasteiger partial charge in [-0.3, -0.25) is 9.78 Å². The summed E-state index contributed by atoms with van der Waals surface area (Å²) in [6.45, 7) is 1.81. The normalized spacial score (nSPS) is 10.1. The fraction of sp³-hybridized carbons (Fsp3) is 0.200. The minimum atomic E-state index is -0.0935. The highest BCUT2D eigenvalue weighted by Gasteiger charge is 1.99. The molecule has 2 N–H and O–H groups in total. The summed E-state index contributed by atoms with van der Waals surface area (Å²) in [5.74, 6) is 0.553. The van der Waals surface area contributed by atoms with Crippen LogP contribution in [0.5, 0.6) is 5.75 Å². The van der Waals surface area contributed by atoms with E-state index in [0.717, 1.165) is 11.3 Å². The number of ether oxygens (including phenoxy) is 1. The van der Waals surface area contributed by atoms with Crippen LogP contribution in [0.25, 0.3) is 0 Å². The summed E-state index contributed by atoms with van der Waals surface area (Å²) in [6.07, 6.45) is 1.58. The van der Waals surface area contributed by atoms with E-state index >= 15 is 0 Å². The van der Waals surface area contributed by atoms with E-state index in [1.54, 1.807) is 18.3 Å². The van der Waals surface area contributed by atoms with Gasteiger partial charge in [0.2, 0.25) is 5.91 Å². The van der Waals surface area contributed by atoms with E-state index in [0.29, 0.717) is 18.1 Å². The monoisotopic (exact) mass is 272 g/mol. The van der Waals surface area contributed by atoms with Gasteiger partial charge in [-0.15, -0.1) is 0 Å². The summed E-state index contributed by atoms with van der Waals surface area (Å²) in [7, 11) is 0. The van der Waals surface area contributed by atoms with Gasteiger partial charge >= 0.3 is 0 Å². The van der Waals surface area contributed by atoms with Crippen LogP contribution in [-0.2, 0) is 18.0 Å². The Morgan fingerprint density at radius 1 is 1.25 bits per heavy atom. The summed E-state index contributed by atoms with van der Waals surface area (Å²) in [6, 6.07) is 10.9. The zero-order chi connectivity index (χ0) is 14.4. The van der Waals surface area contributed by atoms with Gasteiger partial charge in [-0.25, -0.2) is 0 Å². The molecular formula is C15H16N2O3. The summed E-state index contributed by atoms with van der Waals surface area (Å²) in [5, 5.41) is 11.6. The Morgan fingerprint density at radius 2 is 2.00 bits per heavy atom. The fourth-order valence-electron chi connectivity index (χ4n) is 1.64. The maximum atomic E-state index is 10.9. The van der Waals surface area contributed by atoms with E-state index in [1.165, 1.54) is 6.92 Å². The van der Waals surface area contributed by atoms with Gasteiger partial charge in [-0.2, -0.15) is 0 Å². The number of nitrogens with one attached hydrogen (secondary N) is 1. The van der Waals surface area contributed by atoms with Crippen LogP contribution in [0.2, 0.25) is 0 Å². The Morgan fingerprint density at radius 3 is 2.55 bits per heavy atom. The zero-order valence-electron chi connectivity index (χ0n) is 11.2. The van der Waals surface area contributed by atoms with E-state index in [1.807, 2.05) is 24.3 Å². The molecule has 2 aromatic rings. The predicted octanol–water partition coefficient (Wildman–Crippen LogP) is 2.11. The molecule has 104 valence electrons. The molecule has 0 fully saturated rings. The number of carbonyl (C=O) groups is 1. The van der Waals surface area contributed by atoms with Gasteiger partial charge in [0.25, 0.3) is 0 Å². The van der Waals surface area contributed by atoms with E-state index in [9.17, 15) is 4.79 Å². The Labute approximate surface area is 117 Å². The Bertz CT molecular complexity index is 565. The largest absolute Gasteiger partial charge is 0.487 e. The second-order valence-electron chi connectivity index (χ2n) is 4.31. The van der Waals surface area contributed by atoms with E-state index in [2.05, 4.69) is 10.3 Å². The van der Waals surface area contributed by atoms with Crippen molar-refractivity contribution >= 4 is 11.6 Å². The number of pyridine rings is 1. The van der Waals surface area contributed by atoms with Crippen molar-refractivity contribution in [3.63, 3.8) is 0 Å². The van der Waals surface area contributed by atoms with Gasteiger partial charge in [0.15, 0.2) is 0 Å². The van der Waals surface area contributed by atoms with Crippen LogP contribution >= 0.6 is 0 Å². The average molecular weight is 272 g/mol. The lowest BCUT2D eigenvalue weighted by Crippen LogP contribution is -2.05. The van der Waals surface area contributed by atoms with Crippen LogP contribution in [0.1, 0.15) is 18.2 Å². The van der Waals surface area contributed by atoms with Crippen molar-refractivity contribution in [1.29, 1.82) is 0 Å². The first-order valence-electron chi connectivity index (χ1n) is 6.22. The number of rotatable bonds is 5. The number of aliphatic hydroxyl groups is 1. The third-order valence-electron chi connectivity index (χ3n) is 2.64. The Hall–Kier alpha value is -2.40. The second-order valence-corrected chi connectivity index (χ2v) is 4.31. The molecule has 1 aromatic carbocycles. The third-order valence-corrected chi connectivity index (χ3v) is 2.64. The number of hydrogen-bond acceptors (Lipinski definition) is 4. The molecule has 0 aliphatic heterocycles. The van der Waals surface area contributed by atoms with Gasteiger partial charge in [0.1, 0.15) is 12.4 Å². The first-order valence-corrected chi connectivity index (χ1v) is 6.22. The summed E-state index contributed by atoms with van der Waals surface area (Å²) < 4.78 is 5.58. The van der Waals surface area contributed by atoms with Gasteiger partial charge in [0, 0.05) is 12.6 Å². The van der Waals surface area contributed by atoms with Crippen LogP contribution in [0.3, 0.4) is 0 Å². The van der Waals surface area contributed by atoms with Crippen molar-refractivity contribution in [1.82, 2.24) is 4.98 Å². The molecule has 0 spiro atoms. The van der Waals surface area contributed by atoms with E-state index in [4.69, 9.17) is 9.84 Å². The third kappa shape index (κ3) is 4.07. The first kappa shape index (κ1) is 14.0. The van der Waals surface area contributed by atoms with Crippen LogP contribution in [-0.4, -0.2) is 16.0 Å². The summed E-state index contributed by atoms with van der Waals surface area (Å²) in [4.78, 5) is 14.9. The molecule has 0 radical (unpaired) electrons. The minimum absolute atomic E-state index is 0.0785.